The Labute approximate surface area is 142 Å². The molecule has 0 aliphatic heterocycles. The molecule has 0 fully saturated rings. The number of hydrogen-bond donors (Lipinski definition) is 0. The predicted octanol–water partition coefficient (Wildman–Crippen LogP) is 5.59. The molecule has 1 nitrogen and oxygen atoms in total. The first-order valence-electron chi connectivity index (χ1n) is 8.26. The van der Waals surface area contributed by atoms with Crippen molar-refractivity contribution in [3.8, 4) is 0 Å². The maximum atomic E-state index is 5.00. The van der Waals surface area contributed by atoms with E-state index in [0.717, 1.165) is 11.2 Å². The van der Waals surface area contributed by atoms with Gasteiger partial charge in [0.15, 0.2) is 0 Å². The van der Waals surface area contributed by atoms with E-state index in [4.69, 9.17) is 4.98 Å². The van der Waals surface area contributed by atoms with Crippen LogP contribution in [-0.2, 0) is 5.41 Å². The minimum atomic E-state index is -0.285. The van der Waals surface area contributed by atoms with Crippen molar-refractivity contribution < 1.29 is 0 Å². The summed E-state index contributed by atoms with van der Waals surface area (Å²) < 4.78 is 0. The zero-order valence-electron chi connectivity index (χ0n) is 13.7. The average molecular weight is 309 g/mol. The van der Waals surface area contributed by atoms with Gasteiger partial charge in [0.2, 0.25) is 0 Å². The molecule has 0 saturated heterocycles. The van der Waals surface area contributed by atoms with Gasteiger partial charge in [-0.15, -0.1) is 0 Å². The van der Waals surface area contributed by atoms with Crippen molar-refractivity contribution in [2.75, 3.05) is 0 Å². The molecule has 0 radical (unpaired) electrons. The van der Waals surface area contributed by atoms with E-state index < -0.39 is 0 Å². The van der Waals surface area contributed by atoms with Crippen LogP contribution in [0.25, 0.3) is 10.9 Å². The molecule has 1 heteroatoms. The Kier molecular flexibility index (Phi) is 3.62. The number of fused-ring (bicyclic) bond motifs is 1. The van der Waals surface area contributed by atoms with Crippen LogP contribution < -0.4 is 0 Å². The summed E-state index contributed by atoms with van der Waals surface area (Å²) in [6, 6.07) is 33.8. The molecule has 3 aromatic carbocycles. The average Bonchev–Trinajstić information content (AvgIpc) is 2.68. The number of nitrogens with zero attached hydrogens (tertiary/aromatic N) is 1. The molecule has 4 aromatic rings. The highest BCUT2D eigenvalue weighted by atomic mass is 14.7. The fourth-order valence-corrected chi connectivity index (χ4v) is 3.35. The number of para-hydroxylation sites is 1. The van der Waals surface area contributed by atoms with E-state index >= 15 is 0 Å². The zero-order chi connectivity index (χ0) is 16.4. The molecule has 0 amide bonds. The van der Waals surface area contributed by atoms with Gasteiger partial charge in [-0.2, -0.15) is 0 Å². The molecule has 116 valence electrons. The van der Waals surface area contributed by atoms with Crippen molar-refractivity contribution in [1.82, 2.24) is 4.98 Å². The summed E-state index contributed by atoms with van der Waals surface area (Å²) in [4.78, 5) is 5.00. The second-order valence-corrected chi connectivity index (χ2v) is 6.25. The molecular formula is C23H19N. The summed E-state index contributed by atoms with van der Waals surface area (Å²) in [6.45, 7) is 2.26. The van der Waals surface area contributed by atoms with Gasteiger partial charge in [0.1, 0.15) is 0 Å². The highest BCUT2D eigenvalue weighted by molar-refractivity contribution is 5.78. The molecule has 0 spiro atoms. The van der Waals surface area contributed by atoms with Gasteiger partial charge in [0.05, 0.1) is 16.6 Å². The number of pyridine rings is 1. The molecule has 0 atom stereocenters. The summed E-state index contributed by atoms with van der Waals surface area (Å²) in [5, 5.41) is 1.17. The summed E-state index contributed by atoms with van der Waals surface area (Å²) >= 11 is 0. The highest BCUT2D eigenvalue weighted by Gasteiger charge is 2.32. The van der Waals surface area contributed by atoms with Crippen LogP contribution in [0.15, 0.2) is 97.1 Å². The Morgan fingerprint density at radius 3 is 1.75 bits per heavy atom. The van der Waals surface area contributed by atoms with Crippen LogP contribution >= 0.6 is 0 Å². The number of aromatic nitrogens is 1. The number of hydrogen-bond acceptors (Lipinski definition) is 1. The van der Waals surface area contributed by atoms with Gasteiger partial charge in [-0.1, -0.05) is 84.9 Å². The third-order valence-corrected chi connectivity index (χ3v) is 4.81. The molecule has 0 N–H and O–H groups in total. The molecule has 24 heavy (non-hydrogen) atoms. The lowest BCUT2D eigenvalue weighted by atomic mass is 9.73. The highest BCUT2D eigenvalue weighted by Crippen LogP contribution is 2.38. The van der Waals surface area contributed by atoms with Crippen molar-refractivity contribution in [2.45, 2.75) is 12.3 Å². The van der Waals surface area contributed by atoms with Crippen LogP contribution in [0.3, 0.4) is 0 Å². The van der Waals surface area contributed by atoms with Crippen molar-refractivity contribution in [1.29, 1.82) is 0 Å². The largest absolute Gasteiger partial charge is 0.252 e. The third kappa shape index (κ3) is 2.39. The van der Waals surface area contributed by atoms with Crippen LogP contribution in [0, 0.1) is 0 Å². The quantitative estimate of drug-likeness (QED) is 0.481. The first-order valence-corrected chi connectivity index (χ1v) is 8.26. The molecule has 0 aliphatic carbocycles. The van der Waals surface area contributed by atoms with Crippen LogP contribution in [0.5, 0.6) is 0 Å². The van der Waals surface area contributed by atoms with Crippen LogP contribution in [0.2, 0.25) is 0 Å². The fraction of sp³-hybridized carbons (Fsp3) is 0.0870. The summed E-state index contributed by atoms with van der Waals surface area (Å²) in [5.41, 5.74) is 4.32. The van der Waals surface area contributed by atoms with Crippen molar-refractivity contribution in [3.05, 3.63) is 114 Å². The van der Waals surface area contributed by atoms with E-state index in [9.17, 15) is 0 Å². The van der Waals surface area contributed by atoms with E-state index in [2.05, 4.69) is 97.9 Å². The molecule has 1 heterocycles. The van der Waals surface area contributed by atoms with Gasteiger partial charge >= 0.3 is 0 Å². The second kappa shape index (κ2) is 5.93. The minimum absolute atomic E-state index is 0.285. The van der Waals surface area contributed by atoms with Gasteiger partial charge in [-0.3, -0.25) is 4.98 Å². The molecule has 4 rings (SSSR count). The van der Waals surface area contributed by atoms with E-state index in [1.54, 1.807) is 0 Å². The number of rotatable bonds is 3. The lowest BCUT2D eigenvalue weighted by molar-refractivity contribution is 0.669. The normalized spacial score (nSPS) is 11.5. The van der Waals surface area contributed by atoms with E-state index in [1.807, 2.05) is 6.07 Å². The first-order chi connectivity index (χ1) is 11.8. The standard InChI is InChI=1S/C23H19N/c1-23(19-11-4-2-5-12-19,20-13-6-3-7-14-20)22-17-16-18-10-8-9-15-21(18)24-22/h2-17H,1H3. The third-order valence-electron chi connectivity index (χ3n) is 4.81. The van der Waals surface area contributed by atoms with E-state index in [-0.39, 0.29) is 5.41 Å². The zero-order valence-corrected chi connectivity index (χ0v) is 13.7. The maximum Gasteiger partial charge on any atom is 0.0705 e. The molecule has 0 bridgehead atoms. The van der Waals surface area contributed by atoms with Crippen LogP contribution in [0.4, 0.5) is 0 Å². The maximum absolute atomic E-state index is 5.00. The Hall–Kier alpha value is -2.93. The fourth-order valence-electron chi connectivity index (χ4n) is 3.35. The van der Waals surface area contributed by atoms with Gasteiger partial charge < -0.3 is 0 Å². The lowest BCUT2D eigenvalue weighted by Crippen LogP contribution is -2.26. The van der Waals surface area contributed by atoms with Crippen LogP contribution in [0.1, 0.15) is 23.7 Å². The topological polar surface area (TPSA) is 12.9 Å². The Morgan fingerprint density at radius 2 is 1.12 bits per heavy atom. The predicted molar refractivity (Wildman–Crippen MR) is 100 cm³/mol. The molecule has 0 unspecified atom stereocenters. The Bertz CT molecular complexity index is 919. The monoisotopic (exact) mass is 309 g/mol. The molecule has 0 aliphatic rings. The van der Waals surface area contributed by atoms with Gasteiger partial charge in [0, 0.05) is 5.39 Å². The molecular weight excluding hydrogens is 290 g/mol. The van der Waals surface area contributed by atoms with Gasteiger partial charge in [-0.05, 0) is 30.2 Å². The Morgan fingerprint density at radius 1 is 0.583 bits per heavy atom. The minimum Gasteiger partial charge on any atom is -0.252 e. The van der Waals surface area contributed by atoms with Gasteiger partial charge in [-0.25, -0.2) is 0 Å². The van der Waals surface area contributed by atoms with Crippen molar-refractivity contribution in [3.63, 3.8) is 0 Å². The molecule has 1 aromatic heterocycles. The molecule has 0 saturated carbocycles. The van der Waals surface area contributed by atoms with E-state index in [0.29, 0.717) is 0 Å². The smallest absolute Gasteiger partial charge is 0.0705 e. The SMILES string of the molecule is CC(c1ccccc1)(c1ccccc1)c1ccc2ccccc2n1. The second-order valence-electron chi connectivity index (χ2n) is 6.25. The summed E-state index contributed by atoms with van der Waals surface area (Å²) in [7, 11) is 0. The Balaban J connectivity index is 1.98. The van der Waals surface area contributed by atoms with E-state index in [1.165, 1.54) is 16.5 Å². The number of benzene rings is 3. The van der Waals surface area contributed by atoms with Crippen molar-refractivity contribution >= 4 is 10.9 Å². The lowest BCUT2D eigenvalue weighted by Gasteiger charge is -2.31. The summed E-state index contributed by atoms with van der Waals surface area (Å²) in [6.07, 6.45) is 0. The summed E-state index contributed by atoms with van der Waals surface area (Å²) in [5.74, 6) is 0. The van der Waals surface area contributed by atoms with Crippen molar-refractivity contribution in [2.24, 2.45) is 0 Å². The van der Waals surface area contributed by atoms with Gasteiger partial charge in [0.25, 0.3) is 0 Å². The first kappa shape index (κ1) is 14.6. The van der Waals surface area contributed by atoms with Crippen LogP contribution in [-0.4, -0.2) is 4.98 Å².